The van der Waals surface area contributed by atoms with Crippen LogP contribution in [0.5, 0.6) is 17.2 Å². The van der Waals surface area contributed by atoms with E-state index in [1.807, 2.05) is 85.9 Å². The summed E-state index contributed by atoms with van der Waals surface area (Å²) in [5.41, 5.74) is 6.16. The number of aromatic nitrogens is 3. The lowest BCUT2D eigenvalue weighted by Crippen LogP contribution is -2.13. The van der Waals surface area contributed by atoms with Gasteiger partial charge in [0.1, 0.15) is 16.4 Å². The molecule has 43 heavy (non-hydrogen) atoms. The zero-order valence-electron chi connectivity index (χ0n) is 24.2. The molecule has 0 saturated heterocycles. The number of H-pyrrole nitrogens is 1. The van der Waals surface area contributed by atoms with Gasteiger partial charge in [0.15, 0.2) is 17.3 Å². The molecule has 0 saturated carbocycles. The minimum Gasteiger partial charge on any atom is -0.493 e. The molecule has 0 aliphatic rings. The first-order valence-corrected chi connectivity index (χ1v) is 14.2. The van der Waals surface area contributed by atoms with E-state index in [9.17, 15) is 4.79 Å². The number of amides is 1. The number of aromatic amines is 1. The van der Waals surface area contributed by atoms with E-state index in [4.69, 9.17) is 18.7 Å². The van der Waals surface area contributed by atoms with Gasteiger partial charge in [0, 0.05) is 70.7 Å². The third-order valence-corrected chi connectivity index (χ3v) is 7.93. The number of anilines is 2. The van der Waals surface area contributed by atoms with Gasteiger partial charge in [-0.05, 0) is 54.6 Å². The second-order valence-corrected chi connectivity index (χ2v) is 10.7. The number of carbonyl (C=O) groups excluding carboxylic acids is 1. The first kappa shape index (κ1) is 27.9. The second kappa shape index (κ2) is 11.5. The Balaban J connectivity index is 1.26. The van der Waals surface area contributed by atoms with Gasteiger partial charge < -0.3 is 33.9 Å². The van der Waals surface area contributed by atoms with Gasteiger partial charge in [-0.15, -0.1) is 11.3 Å². The minimum absolute atomic E-state index is 0.260. The number of carbonyl (C=O) groups is 1. The van der Waals surface area contributed by atoms with Gasteiger partial charge >= 0.3 is 0 Å². The average molecular weight is 596 g/mol. The number of hydrogen-bond donors (Lipinski definition) is 2. The summed E-state index contributed by atoms with van der Waals surface area (Å²) in [5.74, 6) is 1.88. The molecule has 6 rings (SSSR count). The SMILES string of the molecule is COc1cc(-c2cc(-c3c[nH]c4ccc(-c5nc(C(=O)Nc6ccc(N(C)C)cc6)cs5)cc34)on2)cc(OC)c1OC. The molecule has 0 spiro atoms. The molecule has 2 N–H and O–H groups in total. The van der Waals surface area contributed by atoms with E-state index in [-0.39, 0.29) is 5.91 Å². The van der Waals surface area contributed by atoms with Crippen LogP contribution in [-0.4, -0.2) is 56.5 Å². The standard InChI is InChI=1S/C32H29N5O5S/c1-37(2)21-9-7-20(8-10-21)34-31(38)26-17-43-32(35-26)18-6-11-24-22(12-18)23(16-33-24)27-15-25(36-42-27)19-13-28(39-3)30(41-5)29(14-19)40-4/h6-17,33H,1-5H3,(H,34,38). The number of ether oxygens (including phenoxy) is 3. The third kappa shape index (κ3) is 5.38. The van der Waals surface area contributed by atoms with Gasteiger partial charge in [-0.2, -0.15) is 0 Å². The van der Waals surface area contributed by atoms with E-state index >= 15 is 0 Å². The third-order valence-electron chi connectivity index (χ3n) is 7.04. The van der Waals surface area contributed by atoms with E-state index in [1.165, 1.54) is 11.3 Å². The Morgan fingerprint density at radius 3 is 2.35 bits per heavy atom. The van der Waals surface area contributed by atoms with Crippen LogP contribution >= 0.6 is 11.3 Å². The highest BCUT2D eigenvalue weighted by Crippen LogP contribution is 2.42. The Morgan fingerprint density at radius 2 is 1.67 bits per heavy atom. The Morgan fingerprint density at radius 1 is 0.930 bits per heavy atom. The van der Waals surface area contributed by atoms with Crippen molar-refractivity contribution < 1.29 is 23.5 Å². The van der Waals surface area contributed by atoms with Crippen molar-refractivity contribution in [3.8, 4) is 50.4 Å². The predicted octanol–water partition coefficient (Wildman–Crippen LogP) is 6.96. The van der Waals surface area contributed by atoms with Gasteiger partial charge in [-0.25, -0.2) is 4.98 Å². The highest BCUT2D eigenvalue weighted by molar-refractivity contribution is 7.13. The molecule has 0 aliphatic carbocycles. The van der Waals surface area contributed by atoms with Crippen LogP contribution in [0.15, 0.2) is 76.8 Å². The summed E-state index contributed by atoms with van der Waals surface area (Å²) in [5, 5.41) is 10.7. The molecule has 0 fully saturated rings. The maximum atomic E-state index is 12.9. The maximum absolute atomic E-state index is 12.9. The molecule has 0 atom stereocenters. The molecular formula is C32H29N5O5S. The zero-order valence-corrected chi connectivity index (χ0v) is 25.0. The van der Waals surface area contributed by atoms with Crippen molar-refractivity contribution in [2.45, 2.75) is 0 Å². The van der Waals surface area contributed by atoms with Crippen LogP contribution in [0.1, 0.15) is 10.5 Å². The number of hydrogen-bond acceptors (Lipinski definition) is 9. The van der Waals surface area contributed by atoms with E-state index in [0.29, 0.717) is 40.1 Å². The van der Waals surface area contributed by atoms with Crippen molar-refractivity contribution in [3.63, 3.8) is 0 Å². The molecule has 0 bridgehead atoms. The summed E-state index contributed by atoms with van der Waals surface area (Å²) in [6, 6.07) is 19.2. The molecular weight excluding hydrogens is 566 g/mol. The van der Waals surface area contributed by atoms with Crippen molar-refractivity contribution in [3.05, 3.63) is 77.9 Å². The van der Waals surface area contributed by atoms with Crippen molar-refractivity contribution in [1.82, 2.24) is 15.1 Å². The number of rotatable bonds is 9. The molecule has 0 aliphatic heterocycles. The highest BCUT2D eigenvalue weighted by Gasteiger charge is 2.19. The van der Waals surface area contributed by atoms with E-state index in [1.54, 1.807) is 26.7 Å². The van der Waals surface area contributed by atoms with Crippen LogP contribution in [0, 0.1) is 0 Å². The molecule has 1 amide bonds. The Hall–Kier alpha value is -5.29. The van der Waals surface area contributed by atoms with Crippen molar-refractivity contribution in [2.75, 3.05) is 45.6 Å². The molecule has 0 radical (unpaired) electrons. The van der Waals surface area contributed by atoms with Crippen molar-refractivity contribution in [1.29, 1.82) is 0 Å². The molecule has 10 nitrogen and oxygen atoms in total. The summed E-state index contributed by atoms with van der Waals surface area (Å²) in [4.78, 5) is 22.8. The number of nitrogens with one attached hydrogen (secondary N) is 2. The summed E-state index contributed by atoms with van der Waals surface area (Å²) < 4.78 is 22.2. The fraction of sp³-hybridized carbons (Fsp3) is 0.156. The number of thiazole rings is 1. The Labute approximate surface area is 251 Å². The quantitative estimate of drug-likeness (QED) is 0.184. The lowest BCUT2D eigenvalue weighted by molar-refractivity contribution is 0.102. The molecule has 11 heteroatoms. The molecule has 3 aromatic heterocycles. The zero-order chi connectivity index (χ0) is 30.1. The molecule has 3 heterocycles. The van der Waals surface area contributed by atoms with Crippen LogP contribution in [0.3, 0.4) is 0 Å². The van der Waals surface area contributed by atoms with Gasteiger partial charge in [0.25, 0.3) is 5.91 Å². The van der Waals surface area contributed by atoms with Crippen LogP contribution in [0.4, 0.5) is 11.4 Å². The summed E-state index contributed by atoms with van der Waals surface area (Å²) in [6.45, 7) is 0. The number of benzene rings is 3. The van der Waals surface area contributed by atoms with E-state index < -0.39 is 0 Å². The Kier molecular flexibility index (Phi) is 7.47. The van der Waals surface area contributed by atoms with Gasteiger partial charge in [0.2, 0.25) is 5.75 Å². The van der Waals surface area contributed by atoms with Crippen molar-refractivity contribution >= 4 is 39.5 Å². The van der Waals surface area contributed by atoms with E-state index in [2.05, 4.69) is 20.4 Å². The number of fused-ring (bicyclic) bond motifs is 1. The minimum atomic E-state index is -0.260. The predicted molar refractivity (Wildman–Crippen MR) is 169 cm³/mol. The Bertz CT molecular complexity index is 1900. The normalized spacial score (nSPS) is 11.0. The lowest BCUT2D eigenvalue weighted by atomic mass is 10.1. The lowest BCUT2D eigenvalue weighted by Gasteiger charge is -2.13. The number of methoxy groups -OCH3 is 3. The fourth-order valence-electron chi connectivity index (χ4n) is 4.77. The average Bonchev–Trinajstić information content (AvgIpc) is 3.80. The van der Waals surface area contributed by atoms with Gasteiger partial charge in [0.05, 0.1) is 21.3 Å². The van der Waals surface area contributed by atoms with E-state index in [0.717, 1.165) is 38.3 Å². The monoisotopic (exact) mass is 595 g/mol. The van der Waals surface area contributed by atoms with Crippen LogP contribution in [0.25, 0.3) is 44.1 Å². The molecule has 6 aromatic rings. The van der Waals surface area contributed by atoms with Gasteiger partial charge in [-0.3, -0.25) is 4.79 Å². The highest BCUT2D eigenvalue weighted by atomic mass is 32.1. The summed E-state index contributed by atoms with van der Waals surface area (Å²) in [7, 11) is 8.64. The smallest absolute Gasteiger partial charge is 0.275 e. The first-order chi connectivity index (χ1) is 20.9. The largest absolute Gasteiger partial charge is 0.493 e. The molecule has 218 valence electrons. The first-order valence-electron chi connectivity index (χ1n) is 13.3. The topological polar surface area (TPSA) is 115 Å². The maximum Gasteiger partial charge on any atom is 0.275 e. The van der Waals surface area contributed by atoms with Crippen LogP contribution < -0.4 is 24.4 Å². The summed E-state index contributed by atoms with van der Waals surface area (Å²) in [6.07, 6.45) is 1.89. The number of nitrogens with zero attached hydrogens (tertiary/aromatic N) is 3. The van der Waals surface area contributed by atoms with Gasteiger partial charge in [-0.1, -0.05) is 5.16 Å². The van der Waals surface area contributed by atoms with Crippen LogP contribution in [0.2, 0.25) is 0 Å². The second-order valence-electron chi connectivity index (χ2n) is 9.89. The van der Waals surface area contributed by atoms with Crippen molar-refractivity contribution in [2.24, 2.45) is 0 Å². The molecule has 3 aromatic carbocycles. The summed E-state index contributed by atoms with van der Waals surface area (Å²) >= 11 is 1.41. The molecule has 0 unspecified atom stereocenters. The fourth-order valence-corrected chi connectivity index (χ4v) is 5.57. The van der Waals surface area contributed by atoms with Crippen LogP contribution in [-0.2, 0) is 0 Å².